The predicted molar refractivity (Wildman–Crippen MR) is 131 cm³/mol. The van der Waals surface area contributed by atoms with Crippen LogP contribution in [0.4, 0.5) is 0 Å². The third-order valence-electron chi connectivity index (χ3n) is 6.66. The minimum atomic E-state index is -1.08. The summed E-state index contributed by atoms with van der Waals surface area (Å²) in [5, 5.41) is 4.03. The Balaban J connectivity index is 1.45. The average Bonchev–Trinajstić information content (AvgIpc) is 3.45. The molecular formula is C27H31N3O5. The molecule has 0 bridgehead atoms. The molecule has 0 saturated carbocycles. The zero-order valence-corrected chi connectivity index (χ0v) is 20.4. The summed E-state index contributed by atoms with van der Waals surface area (Å²) in [5.41, 5.74) is 1.32. The molecule has 0 radical (unpaired) electrons. The van der Waals surface area contributed by atoms with Crippen LogP contribution in [0.1, 0.15) is 43.2 Å². The van der Waals surface area contributed by atoms with Gasteiger partial charge in [0.15, 0.2) is 11.5 Å². The number of benzene rings is 2. The van der Waals surface area contributed by atoms with Gasteiger partial charge in [-0.05, 0) is 57.0 Å². The molecule has 5 rings (SSSR count). The summed E-state index contributed by atoms with van der Waals surface area (Å²) in [6.07, 6.45) is 0.852. The number of carbonyl (C=O) groups is 2. The Morgan fingerprint density at radius 1 is 1.14 bits per heavy atom. The van der Waals surface area contributed by atoms with Gasteiger partial charge in [0.1, 0.15) is 11.2 Å². The van der Waals surface area contributed by atoms with E-state index in [1.165, 1.54) is 0 Å². The molecule has 3 aromatic rings. The second kappa shape index (κ2) is 9.26. The van der Waals surface area contributed by atoms with Crippen molar-refractivity contribution in [2.45, 2.75) is 51.9 Å². The van der Waals surface area contributed by atoms with Crippen molar-refractivity contribution < 1.29 is 23.8 Å². The topological polar surface area (TPSA) is 82.0 Å². The molecule has 0 unspecified atom stereocenters. The van der Waals surface area contributed by atoms with E-state index in [0.717, 1.165) is 16.5 Å². The number of hydrogen-bond donors (Lipinski definition) is 1. The smallest absolute Gasteiger partial charge is 0.271 e. The van der Waals surface area contributed by atoms with Crippen molar-refractivity contribution in [2.24, 2.45) is 0 Å². The lowest BCUT2D eigenvalue weighted by Gasteiger charge is -2.44. The predicted octanol–water partition coefficient (Wildman–Crippen LogP) is 3.72. The molecule has 1 N–H and O–H groups in total. The Labute approximate surface area is 204 Å². The fourth-order valence-corrected chi connectivity index (χ4v) is 4.76. The summed E-state index contributed by atoms with van der Waals surface area (Å²) in [6, 6.07) is 15.4. The first-order chi connectivity index (χ1) is 16.9. The molecule has 0 spiro atoms. The van der Waals surface area contributed by atoms with E-state index in [9.17, 15) is 9.59 Å². The first-order valence-electron chi connectivity index (χ1n) is 12.1. The van der Waals surface area contributed by atoms with Gasteiger partial charge in [0.05, 0.1) is 12.6 Å². The van der Waals surface area contributed by atoms with E-state index in [1.54, 1.807) is 4.90 Å². The summed E-state index contributed by atoms with van der Waals surface area (Å²) in [4.78, 5) is 29.1. The summed E-state index contributed by atoms with van der Waals surface area (Å²) in [5.74, 6) is 0.978. The molecule has 2 aromatic carbocycles. The molecule has 35 heavy (non-hydrogen) atoms. The molecule has 0 fully saturated rings. The van der Waals surface area contributed by atoms with E-state index in [-0.39, 0.29) is 31.3 Å². The average molecular weight is 478 g/mol. The van der Waals surface area contributed by atoms with E-state index < -0.39 is 5.54 Å². The Morgan fingerprint density at radius 2 is 1.94 bits per heavy atom. The fourth-order valence-electron chi connectivity index (χ4n) is 4.76. The van der Waals surface area contributed by atoms with Crippen molar-refractivity contribution in [2.75, 3.05) is 19.9 Å². The quantitative estimate of drug-likeness (QED) is 0.500. The Morgan fingerprint density at radius 3 is 2.77 bits per heavy atom. The number of para-hydroxylation sites is 1. The molecule has 1 atom stereocenters. The minimum Gasteiger partial charge on any atom is -0.454 e. The molecule has 2 aliphatic rings. The van der Waals surface area contributed by atoms with Crippen LogP contribution in [0.2, 0.25) is 0 Å². The fraction of sp³-hybridized carbons (Fsp3) is 0.407. The van der Waals surface area contributed by atoms with Crippen molar-refractivity contribution in [3.8, 4) is 11.5 Å². The maximum Gasteiger partial charge on any atom is 0.271 e. The second-order valence-electron chi connectivity index (χ2n) is 9.56. The van der Waals surface area contributed by atoms with Gasteiger partial charge in [-0.25, -0.2) is 0 Å². The molecule has 3 heterocycles. The minimum absolute atomic E-state index is 0.150. The monoisotopic (exact) mass is 477 g/mol. The van der Waals surface area contributed by atoms with Crippen molar-refractivity contribution >= 4 is 22.7 Å². The molecular weight excluding hydrogens is 446 g/mol. The van der Waals surface area contributed by atoms with Gasteiger partial charge in [-0.15, -0.1) is 0 Å². The summed E-state index contributed by atoms with van der Waals surface area (Å²) in [6.45, 7) is 7.68. The molecule has 0 aliphatic carbocycles. The van der Waals surface area contributed by atoms with Gasteiger partial charge in [0.25, 0.3) is 5.91 Å². The zero-order valence-electron chi connectivity index (χ0n) is 20.4. The molecule has 2 amide bonds. The van der Waals surface area contributed by atoms with Crippen LogP contribution in [0.3, 0.4) is 0 Å². The number of carbonyl (C=O) groups excluding carboxylic acids is 2. The lowest BCUT2D eigenvalue weighted by Crippen LogP contribution is -2.63. The van der Waals surface area contributed by atoms with E-state index >= 15 is 0 Å². The van der Waals surface area contributed by atoms with E-state index in [1.807, 2.05) is 73.9 Å². The normalized spacial score (nSPS) is 18.9. The van der Waals surface area contributed by atoms with Gasteiger partial charge < -0.3 is 29.0 Å². The number of hydrogen-bond acceptors (Lipinski definition) is 5. The van der Waals surface area contributed by atoms with Crippen LogP contribution in [0.15, 0.2) is 48.5 Å². The maximum absolute atomic E-state index is 13.8. The summed E-state index contributed by atoms with van der Waals surface area (Å²) >= 11 is 0. The van der Waals surface area contributed by atoms with Crippen LogP contribution in [0, 0.1) is 0 Å². The van der Waals surface area contributed by atoms with Crippen LogP contribution in [0.25, 0.3) is 10.9 Å². The number of amides is 2. The Kier molecular flexibility index (Phi) is 6.15. The molecule has 8 heteroatoms. The first kappa shape index (κ1) is 23.2. The van der Waals surface area contributed by atoms with Crippen molar-refractivity contribution in [3.63, 3.8) is 0 Å². The third-order valence-corrected chi connectivity index (χ3v) is 6.66. The first-order valence-corrected chi connectivity index (χ1v) is 12.1. The van der Waals surface area contributed by atoms with Gasteiger partial charge in [0.2, 0.25) is 12.7 Å². The van der Waals surface area contributed by atoms with Crippen molar-refractivity contribution in [3.05, 3.63) is 59.8 Å². The van der Waals surface area contributed by atoms with Crippen molar-refractivity contribution in [1.29, 1.82) is 0 Å². The standard InChI is InChI=1S/C27H31N3O5/c1-18(2)33-12-6-11-28-26(32)27(3)16-29-21-8-5-4-7-20(21)14-22(29)25(31)30(27)15-19-9-10-23-24(13-19)35-17-34-23/h4-5,7-10,13-14,18H,6,11-12,15-17H2,1-3H3,(H,28,32)/t27-/m0/s1. The van der Waals surface area contributed by atoms with E-state index in [0.29, 0.717) is 43.3 Å². The lowest BCUT2D eigenvalue weighted by molar-refractivity contribution is -0.133. The highest BCUT2D eigenvalue weighted by Crippen LogP contribution is 2.36. The van der Waals surface area contributed by atoms with E-state index in [4.69, 9.17) is 14.2 Å². The third kappa shape index (κ3) is 4.34. The van der Waals surface area contributed by atoms with Gasteiger partial charge in [-0.2, -0.15) is 0 Å². The van der Waals surface area contributed by atoms with E-state index in [2.05, 4.69) is 5.32 Å². The molecule has 8 nitrogen and oxygen atoms in total. The Hall–Kier alpha value is -3.52. The van der Waals surface area contributed by atoms with Gasteiger partial charge >= 0.3 is 0 Å². The van der Waals surface area contributed by atoms with Crippen LogP contribution in [0.5, 0.6) is 11.5 Å². The highest BCUT2D eigenvalue weighted by atomic mass is 16.7. The highest BCUT2D eigenvalue weighted by molar-refractivity contribution is 6.03. The van der Waals surface area contributed by atoms with Crippen LogP contribution >= 0.6 is 0 Å². The number of aromatic nitrogens is 1. The number of rotatable bonds is 8. The van der Waals surface area contributed by atoms with Gasteiger partial charge in [-0.3, -0.25) is 9.59 Å². The summed E-state index contributed by atoms with van der Waals surface area (Å²) in [7, 11) is 0. The van der Waals surface area contributed by atoms with Gasteiger partial charge in [-0.1, -0.05) is 24.3 Å². The number of nitrogens with zero attached hydrogens (tertiary/aromatic N) is 2. The van der Waals surface area contributed by atoms with Crippen LogP contribution in [-0.2, 0) is 22.6 Å². The number of fused-ring (bicyclic) bond motifs is 4. The second-order valence-corrected chi connectivity index (χ2v) is 9.56. The molecule has 184 valence electrons. The van der Waals surface area contributed by atoms with Crippen LogP contribution < -0.4 is 14.8 Å². The molecule has 2 aliphatic heterocycles. The van der Waals surface area contributed by atoms with Crippen LogP contribution in [-0.4, -0.2) is 52.9 Å². The summed E-state index contributed by atoms with van der Waals surface area (Å²) < 4.78 is 18.5. The number of nitrogens with one attached hydrogen (secondary N) is 1. The SMILES string of the molecule is CC(C)OCCCNC(=O)[C@]1(C)Cn2c(cc3ccccc32)C(=O)N1Cc1ccc2c(c1)OCO2. The maximum atomic E-state index is 13.8. The molecule has 1 aromatic heterocycles. The van der Waals surface area contributed by atoms with Crippen molar-refractivity contribution in [1.82, 2.24) is 14.8 Å². The molecule has 0 saturated heterocycles. The Bertz CT molecular complexity index is 1270. The largest absolute Gasteiger partial charge is 0.454 e. The van der Waals surface area contributed by atoms with Gasteiger partial charge in [0, 0.05) is 30.6 Å². The zero-order chi connectivity index (χ0) is 24.6. The lowest BCUT2D eigenvalue weighted by atomic mass is 9.93. The highest BCUT2D eigenvalue weighted by Gasteiger charge is 2.47. The number of ether oxygens (including phenoxy) is 3.